The second-order valence-corrected chi connectivity index (χ2v) is 8.91. The summed E-state index contributed by atoms with van der Waals surface area (Å²) in [5.74, 6) is -0.585. The van der Waals surface area contributed by atoms with Gasteiger partial charge < -0.3 is 4.74 Å². The van der Waals surface area contributed by atoms with Crippen LogP contribution in [-0.2, 0) is 14.8 Å². The third-order valence-corrected chi connectivity index (χ3v) is 6.89. The van der Waals surface area contributed by atoms with Crippen molar-refractivity contribution in [1.82, 2.24) is 4.31 Å². The topological polar surface area (TPSA) is 63.7 Å². The Hall–Kier alpha value is -1.89. The van der Waals surface area contributed by atoms with E-state index in [1.54, 1.807) is 37.3 Å². The van der Waals surface area contributed by atoms with Gasteiger partial charge in [-0.1, -0.05) is 42.3 Å². The van der Waals surface area contributed by atoms with Gasteiger partial charge in [0.1, 0.15) is 6.10 Å². The first-order valence-corrected chi connectivity index (χ1v) is 10.8. The van der Waals surface area contributed by atoms with E-state index in [0.29, 0.717) is 23.7 Å². The lowest BCUT2D eigenvalue weighted by Crippen LogP contribution is -2.35. The summed E-state index contributed by atoms with van der Waals surface area (Å²) in [6.07, 6.45) is 2.21. The second kappa shape index (κ2) is 8.42. The Bertz CT molecular complexity index is 923. The number of hydrogen-bond acceptors (Lipinski definition) is 4. The largest absolute Gasteiger partial charge is 0.454 e. The van der Waals surface area contributed by atoms with Gasteiger partial charge in [-0.3, -0.25) is 0 Å². The van der Waals surface area contributed by atoms with Crippen molar-refractivity contribution in [3.8, 4) is 0 Å². The number of benzene rings is 2. The Morgan fingerprint density at radius 3 is 2.48 bits per heavy atom. The molecule has 0 N–H and O–H groups in total. The lowest BCUT2D eigenvalue weighted by Gasteiger charge is -2.26. The predicted molar refractivity (Wildman–Crippen MR) is 104 cm³/mol. The highest BCUT2D eigenvalue weighted by atomic mass is 35.5. The van der Waals surface area contributed by atoms with Gasteiger partial charge in [0.15, 0.2) is 0 Å². The fourth-order valence-electron chi connectivity index (χ4n) is 3.13. The molecule has 0 saturated carbocycles. The van der Waals surface area contributed by atoms with Crippen molar-refractivity contribution in [2.45, 2.75) is 37.2 Å². The summed E-state index contributed by atoms with van der Waals surface area (Å²) in [6, 6.07) is 13.1. The van der Waals surface area contributed by atoms with Crippen molar-refractivity contribution in [3.63, 3.8) is 0 Å². The molecule has 5 nitrogen and oxygen atoms in total. The van der Waals surface area contributed by atoms with Crippen molar-refractivity contribution in [1.29, 1.82) is 0 Å². The molecule has 27 heavy (non-hydrogen) atoms. The minimum absolute atomic E-state index is 0.115. The van der Waals surface area contributed by atoms with Gasteiger partial charge >= 0.3 is 5.97 Å². The van der Waals surface area contributed by atoms with Crippen LogP contribution < -0.4 is 0 Å². The zero-order chi connectivity index (χ0) is 19.4. The van der Waals surface area contributed by atoms with Gasteiger partial charge in [-0.15, -0.1) is 0 Å². The van der Waals surface area contributed by atoms with Crippen molar-refractivity contribution in [3.05, 3.63) is 64.7 Å². The van der Waals surface area contributed by atoms with Gasteiger partial charge in [-0.2, -0.15) is 4.31 Å². The Balaban J connectivity index is 1.78. The van der Waals surface area contributed by atoms with E-state index in [9.17, 15) is 13.2 Å². The fourth-order valence-corrected chi connectivity index (χ4v) is 4.99. The minimum Gasteiger partial charge on any atom is -0.454 e. The molecule has 0 amide bonds. The molecular formula is C20H22ClNO4S. The van der Waals surface area contributed by atoms with Gasteiger partial charge in [0.25, 0.3) is 0 Å². The third-order valence-electron chi connectivity index (χ3n) is 4.65. The minimum atomic E-state index is -3.60. The van der Waals surface area contributed by atoms with Crippen LogP contribution in [0.1, 0.15) is 48.2 Å². The Kier molecular flexibility index (Phi) is 6.19. The number of carbonyl (C=O) groups is 1. The molecule has 2 aromatic carbocycles. The van der Waals surface area contributed by atoms with Crippen LogP contribution in [0.4, 0.5) is 0 Å². The molecule has 0 aromatic heterocycles. The summed E-state index contributed by atoms with van der Waals surface area (Å²) >= 11 is 6.14. The smallest absolute Gasteiger partial charge is 0.338 e. The third kappa shape index (κ3) is 4.51. The van der Waals surface area contributed by atoms with E-state index < -0.39 is 22.1 Å². The number of piperidine rings is 1. The van der Waals surface area contributed by atoms with Crippen LogP contribution in [0.25, 0.3) is 0 Å². The SMILES string of the molecule is C[C@@H](OC(=O)c1cccc(S(=O)(=O)N2CCCCC2)c1)c1ccccc1Cl. The van der Waals surface area contributed by atoms with Gasteiger partial charge in [0.2, 0.25) is 10.0 Å². The Morgan fingerprint density at radius 1 is 1.07 bits per heavy atom. The van der Waals surface area contributed by atoms with E-state index in [0.717, 1.165) is 19.3 Å². The van der Waals surface area contributed by atoms with Crippen LogP contribution in [0.2, 0.25) is 5.02 Å². The predicted octanol–water partition coefficient (Wildman–Crippen LogP) is 4.43. The number of sulfonamides is 1. The molecular weight excluding hydrogens is 386 g/mol. The van der Waals surface area contributed by atoms with Gasteiger partial charge in [-0.05, 0) is 44.0 Å². The summed E-state index contributed by atoms with van der Waals surface area (Å²) in [7, 11) is -3.60. The van der Waals surface area contributed by atoms with E-state index in [2.05, 4.69) is 0 Å². The summed E-state index contributed by atoms with van der Waals surface area (Å²) in [4.78, 5) is 12.6. The van der Waals surface area contributed by atoms with E-state index in [1.807, 2.05) is 6.07 Å². The molecule has 0 radical (unpaired) electrons. The summed E-state index contributed by atoms with van der Waals surface area (Å²) in [5, 5.41) is 0.513. The lowest BCUT2D eigenvalue weighted by atomic mass is 10.1. The number of hydrogen-bond donors (Lipinski definition) is 0. The molecule has 0 bridgehead atoms. The normalized spacial score (nSPS) is 16.7. The van der Waals surface area contributed by atoms with Gasteiger partial charge in [0, 0.05) is 23.7 Å². The second-order valence-electron chi connectivity index (χ2n) is 6.56. The molecule has 1 saturated heterocycles. The Morgan fingerprint density at radius 2 is 1.78 bits per heavy atom. The highest BCUT2D eigenvalue weighted by Crippen LogP contribution is 2.27. The van der Waals surface area contributed by atoms with E-state index in [4.69, 9.17) is 16.3 Å². The number of rotatable bonds is 5. The monoisotopic (exact) mass is 407 g/mol. The molecule has 1 aliphatic rings. The molecule has 1 heterocycles. The van der Waals surface area contributed by atoms with Crippen LogP contribution in [0.3, 0.4) is 0 Å². The average molecular weight is 408 g/mol. The van der Waals surface area contributed by atoms with Crippen LogP contribution in [0.5, 0.6) is 0 Å². The summed E-state index contributed by atoms with van der Waals surface area (Å²) in [6.45, 7) is 2.76. The molecule has 0 unspecified atom stereocenters. The fraction of sp³-hybridized carbons (Fsp3) is 0.350. The number of ether oxygens (including phenoxy) is 1. The molecule has 0 spiro atoms. The Labute approximate surface area is 165 Å². The molecule has 7 heteroatoms. The van der Waals surface area contributed by atoms with Crippen molar-refractivity contribution >= 4 is 27.6 Å². The first-order valence-electron chi connectivity index (χ1n) is 8.95. The first kappa shape index (κ1) is 19.9. The van der Waals surface area contributed by atoms with Crippen molar-refractivity contribution in [2.75, 3.05) is 13.1 Å². The van der Waals surface area contributed by atoms with Crippen LogP contribution in [-0.4, -0.2) is 31.8 Å². The van der Waals surface area contributed by atoms with Gasteiger partial charge in [0.05, 0.1) is 10.5 Å². The molecule has 0 aliphatic carbocycles. The van der Waals surface area contributed by atoms with Crippen LogP contribution in [0.15, 0.2) is 53.4 Å². The summed E-state index contributed by atoms with van der Waals surface area (Å²) in [5.41, 5.74) is 0.900. The molecule has 3 rings (SSSR count). The highest BCUT2D eigenvalue weighted by molar-refractivity contribution is 7.89. The highest BCUT2D eigenvalue weighted by Gasteiger charge is 2.27. The van der Waals surface area contributed by atoms with E-state index in [-0.39, 0.29) is 10.5 Å². The number of halogens is 1. The zero-order valence-electron chi connectivity index (χ0n) is 15.1. The molecule has 1 atom stereocenters. The average Bonchev–Trinajstić information content (AvgIpc) is 2.69. The maximum absolute atomic E-state index is 12.8. The molecule has 1 fully saturated rings. The van der Waals surface area contributed by atoms with E-state index in [1.165, 1.54) is 16.4 Å². The van der Waals surface area contributed by atoms with Crippen LogP contribution in [0, 0.1) is 0 Å². The molecule has 144 valence electrons. The standard InChI is InChI=1S/C20H22ClNO4S/c1-15(18-10-3-4-11-19(18)21)26-20(23)16-8-7-9-17(14-16)27(24,25)22-12-5-2-6-13-22/h3-4,7-11,14-15H,2,5-6,12-13H2,1H3/t15-/m1/s1. The molecule has 2 aromatic rings. The lowest BCUT2D eigenvalue weighted by molar-refractivity contribution is 0.0338. The zero-order valence-corrected chi connectivity index (χ0v) is 16.7. The number of nitrogens with zero attached hydrogens (tertiary/aromatic N) is 1. The number of carbonyl (C=O) groups excluding carboxylic acids is 1. The molecule has 1 aliphatic heterocycles. The first-order chi connectivity index (χ1) is 12.9. The van der Waals surface area contributed by atoms with E-state index >= 15 is 0 Å². The van der Waals surface area contributed by atoms with Crippen molar-refractivity contribution in [2.24, 2.45) is 0 Å². The van der Waals surface area contributed by atoms with Crippen molar-refractivity contribution < 1.29 is 17.9 Å². The van der Waals surface area contributed by atoms with Gasteiger partial charge in [-0.25, -0.2) is 13.2 Å². The summed E-state index contributed by atoms with van der Waals surface area (Å²) < 4.78 is 32.6. The number of esters is 1. The maximum Gasteiger partial charge on any atom is 0.338 e. The van der Waals surface area contributed by atoms with Crippen LogP contribution >= 0.6 is 11.6 Å². The maximum atomic E-state index is 12.8. The quantitative estimate of drug-likeness (QED) is 0.687.